The van der Waals surface area contributed by atoms with Crippen LogP contribution in [0, 0.1) is 6.92 Å². The van der Waals surface area contributed by atoms with Crippen LogP contribution in [-0.4, -0.2) is 16.3 Å². The van der Waals surface area contributed by atoms with E-state index < -0.39 is 5.60 Å². The number of hydrogen-bond acceptors (Lipinski definition) is 2. The van der Waals surface area contributed by atoms with Crippen LogP contribution in [-0.2, 0) is 4.74 Å². The van der Waals surface area contributed by atoms with Gasteiger partial charge in [-0.1, -0.05) is 66.2 Å². The lowest BCUT2D eigenvalue weighted by molar-refractivity contribution is 0.0540. The van der Waals surface area contributed by atoms with Crippen molar-refractivity contribution in [1.29, 1.82) is 0 Å². The molecule has 0 aliphatic carbocycles. The van der Waals surface area contributed by atoms with E-state index in [1.54, 1.807) is 10.8 Å². The zero-order valence-electron chi connectivity index (χ0n) is 16.3. The highest BCUT2D eigenvalue weighted by molar-refractivity contribution is 5.84. The second kappa shape index (κ2) is 7.67. The van der Waals surface area contributed by atoms with Crippen molar-refractivity contribution in [2.24, 2.45) is 0 Å². The SMILES string of the molecule is Cc1ccc(/C=C\c2ccccc2-c2cccn2C(=O)OC(C)(C)C)cc1. The molecule has 0 aliphatic rings. The van der Waals surface area contributed by atoms with Crippen LogP contribution in [0.15, 0.2) is 66.9 Å². The van der Waals surface area contributed by atoms with Gasteiger partial charge in [0.2, 0.25) is 0 Å². The lowest BCUT2D eigenvalue weighted by atomic mass is 10.0. The Morgan fingerprint density at radius 2 is 1.63 bits per heavy atom. The Morgan fingerprint density at radius 1 is 0.926 bits per heavy atom. The average molecular weight is 359 g/mol. The number of nitrogens with zero attached hydrogens (tertiary/aromatic N) is 1. The van der Waals surface area contributed by atoms with Gasteiger partial charge < -0.3 is 4.74 Å². The van der Waals surface area contributed by atoms with E-state index >= 15 is 0 Å². The molecular weight excluding hydrogens is 334 g/mol. The number of benzene rings is 2. The van der Waals surface area contributed by atoms with Crippen LogP contribution in [0.1, 0.15) is 37.5 Å². The van der Waals surface area contributed by atoms with Gasteiger partial charge in [-0.05, 0) is 51.0 Å². The maximum atomic E-state index is 12.6. The molecule has 27 heavy (non-hydrogen) atoms. The van der Waals surface area contributed by atoms with E-state index in [1.807, 2.05) is 57.2 Å². The van der Waals surface area contributed by atoms with E-state index in [9.17, 15) is 4.79 Å². The summed E-state index contributed by atoms with van der Waals surface area (Å²) in [5.41, 5.74) is 4.68. The van der Waals surface area contributed by atoms with E-state index in [2.05, 4.69) is 43.3 Å². The van der Waals surface area contributed by atoms with Crippen molar-refractivity contribution >= 4 is 18.2 Å². The van der Waals surface area contributed by atoms with Crippen LogP contribution in [0.3, 0.4) is 0 Å². The molecule has 0 N–H and O–H groups in total. The Bertz CT molecular complexity index is 957. The minimum Gasteiger partial charge on any atom is -0.443 e. The van der Waals surface area contributed by atoms with Crippen molar-refractivity contribution < 1.29 is 9.53 Å². The third-order valence-electron chi connectivity index (χ3n) is 4.11. The van der Waals surface area contributed by atoms with Crippen molar-refractivity contribution in [3.63, 3.8) is 0 Å². The number of carbonyl (C=O) groups is 1. The van der Waals surface area contributed by atoms with Gasteiger partial charge >= 0.3 is 6.09 Å². The summed E-state index contributed by atoms with van der Waals surface area (Å²) in [5.74, 6) is 0. The maximum absolute atomic E-state index is 12.6. The molecular formula is C24H25NO2. The zero-order valence-corrected chi connectivity index (χ0v) is 16.3. The van der Waals surface area contributed by atoms with Gasteiger partial charge in [-0.3, -0.25) is 4.57 Å². The molecule has 0 bridgehead atoms. The maximum Gasteiger partial charge on any atom is 0.418 e. The molecule has 3 rings (SSSR count). The normalized spacial score (nSPS) is 11.7. The van der Waals surface area contributed by atoms with Gasteiger partial charge in [0.05, 0.1) is 5.69 Å². The summed E-state index contributed by atoms with van der Waals surface area (Å²) in [6.45, 7) is 7.68. The summed E-state index contributed by atoms with van der Waals surface area (Å²) in [6, 6.07) is 20.2. The average Bonchev–Trinajstić information content (AvgIpc) is 3.10. The van der Waals surface area contributed by atoms with Crippen LogP contribution in [0.4, 0.5) is 4.79 Å². The van der Waals surface area contributed by atoms with Crippen LogP contribution >= 0.6 is 0 Å². The molecule has 1 aromatic heterocycles. The first-order valence-corrected chi connectivity index (χ1v) is 9.08. The number of carbonyl (C=O) groups excluding carboxylic acids is 1. The van der Waals surface area contributed by atoms with E-state index in [0.29, 0.717) is 0 Å². The fraction of sp³-hybridized carbons (Fsp3) is 0.208. The summed E-state index contributed by atoms with van der Waals surface area (Å²) in [4.78, 5) is 12.6. The Labute approximate surface area is 160 Å². The van der Waals surface area contributed by atoms with Gasteiger partial charge in [0, 0.05) is 11.8 Å². The second-order valence-corrected chi connectivity index (χ2v) is 7.58. The topological polar surface area (TPSA) is 31.2 Å². The lowest BCUT2D eigenvalue weighted by Crippen LogP contribution is -2.27. The van der Waals surface area contributed by atoms with Crippen LogP contribution in [0.2, 0.25) is 0 Å². The van der Waals surface area contributed by atoms with Crippen molar-refractivity contribution in [2.45, 2.75) is 33.3 Å². The fourth-order valence-electron chi connectivity index (χ4n) is 2.81. The van der Waals surface area contributed by atoms with E-state index in [0.717, 1.165) is 22.4 Å². The molecule has 1 heterocycles. The summed E-state index contributed by atoms with van der Waals surface area (Å²) in [7, 11) is 0. The summed E-state index contributed by atoms with van der Waals surface area (Å²) in [6.07, 6.45) is 5.52. The van der Waals surface area contributed by atoms with Crippen molar-refractivity contribution in [3.05, 3.63) is 83.6 Å². The summed E-state index contributed by atoms with van der Waals surface area (Å²) in [5, 5.41) is 0. The minimum atomic E-state index is -0.538. The standard InChI is InChI=1S/C24H25NO2/c1-18-11-13-19(14-12-18)15-16-20-8-5-6-9-21(20)22-10-7-17-25(22)23(26)27-24(2,3)4/h5-17H,1-4H3/b16-15-. The predicted octanol–water partition coefficient (Wildman–Crippen LogP) is 6.42. The number of hydrogen-bond donors (Lipinski definition) is 0. The Morgan fingerprint density at radius 3 is 2.33 bits per heavy atom. The summed E-state index contributed by atoms with van der Waals surface area (Å²) >= 11 is 0. The molecule has 138 valence electrons. The molecule has 3 nitrogen and oxygen atoms in total. The Kier molecular flexibility index (Phi) is 5.31. The Balaban J connectivity index is 1.94. The number of rotatable bonds is 3. The monoisotopic (exact) mass is 359 g/mol. The smallest absolute Gasteiger partial charge is 0.418 e. The molecule has 0 fully saturated rings. The molecule has 3 heteroatoms. The molecule has 2 aromatic carbocycles. The molecule has 0 saturated carbocycles. The number of aryl methyl sites for hydroxylation is 1. The van der Waals surface area contributed by atoms with Crippen molar-refractivity contribution in [2.75, 3.05) is 0 Å². The molecule has 0 amide bonds. The van der Waals surface area contributed by atoms with E-state index in [4.69, 9.17) is 4.74 Å². The van der Waals surface area contributed by atoms with Crippen LogP contribution < -0.4 is 0 Å². The van der Waals surface area contributed by atoms with Crippen molar-refractivity contribution in [3.8, 4) is 11.3 Å². The highest BCUT2D eigenvalue weighted by atomic mass is 16.6. The van der Waals surface area contributed by atoms with E-state index in [-0.39, 0.29) is 6.09 Å². The number of ether oxygens (including phenoxy) is 1. The van der Waals surface area contributed by atoms with Gasteiger partial charge in [0.1, 0.15) is 5.60 Å². The fourth-order valence-corrected chi connectivity index (χ4v) is 2.81. The van der Waals surface area contributed by atoms with Crippen molar-refractivity contribution in [1.82, 2.24) is 4.57 Å². The van der Waals surface area contributed by atoms with Gasteiger partial charge in [-0.15, -0.1) is 0 Å². The predicted molar refractivity (Wildman–Crippen MR) is 112 cm³/mol. The largest absolute Gasteiger partial charge is 0.443 e. The molecule has 0 unspecified atom stereocenters. The third kappa shape index (κ3) is 4.76. The second-order valence-electron chi connectivity index (χ2n) is 7.58. The zero-order chi connectivity index (χ0) is 19.4. The highest BCUT2D eigenvalue weighted by Gasteiger charge is 2.20. The Hall–Kier alpha value is -3.07. The molecule has 0 aliphatic heterocycles. The summed E-state index contributed by atoms with van der Waals surface area (Å²) < 4.78 is 7.09. The van der Waals surface area contributed by atoms with E-state index in [1.165, 1.54) is 5.56 Å². The molecule has 0 spiro atoms. The van der Waals surface area contributed by atoms with Gasteiger partial charge in [-0.25, -0.2) is 4.79 Å². The first-order chi connectivity index (χ1) is 12.8. The third-order valence-corrected chi connectivity index (χ3v) is 4.11. The van der Waals surface area contributed by atoms with Crippen LogP contribution in [0.5, 0.6) is 0 Å². The van der Waals surface area contributed by atoms with Gasteiger partial charge in [0.25, 0.3) is 0 Å². The van der Waals surface area contributed by atoms with Gasteiger partial charge in [0.15, 0.2) is 0 Å². The minimum absolute atomic E-state index is 0.375. The molecule has 3 aromatic rings. The highest BCUT2D eigenvalue weighted by Crippen LogP contribution is 2.27. The van der Waals surface area contributed by atoms with Crippen LogP contribution in [0.25, 0.3) is 23.4 Å². The lowest BCUT2D eigenvalue weighted by Gasteiger charge is -2.20. The quantitative estimate of drug-likeness (QED) is 0.505. The first kappa shape index (κ1) is 18.7. The van der Waals surface area contributed by atoms with Gasteiger partial charge in [-0.2, -0.15) is 0 Å². The first-order valence-electron chi connectivity index (χ1n) is 9.08. The molecule has 0 saturated heterocycles. The molecule has 0 radical (unpaired) electrons. The molecule has 0 atom stereocenters. The number of aromatic nitrogens is 1.